The highest BCUT2D eigenvalue weighted by Crippen LogP contribution is 2.16. The number of hydrogen-bond donors (Lipinski definition) is 0. The Balaban J connectivity index is 1.80. The molecule has 0 radical (unpaired) electrons. The second kappa shape index (κ2) is 6.26. The largest absolute Gasteiger partial charge is 0.486 e. The van der Waals surface area contributed by atoms with E-state index in [4.69, 9.17) is 4.74 Å². The Labute approximate surface area is 128 Å². The molecular formula is C18H16N2O2. The summed E-state index contributed by atoms with van der Waals surface area (Å²) in [6.45, 7) is 2.21. The van der Waals surface area contributed by atoms with E-state index in [0.29, 0.717) is 23.7 Å². The van der Waals surface area contributed by atoms with E-state index in [1.807, 2.05) is 48.6 Å². The van der Waals surface area contributed by atoms with Crippen LogP contribution in [0.4, 0.5) is 0 Å². The second-order valence-corrected chi connectivity index (χ2v) is 4.93. The zero-order valence-electron chi connectivity index (χ0n) is 12.3. The lowest BCUT2D eigenvalue weighted by atomic mass is 10.2. The summed E-state index contributed by atoms with van der Waals surface area (Å²) in [6, 6.07) is 15.1. The van der Waals surface area contributed by atoms with E-state index in [2.05, 4.69) is 4.98 Å². The van der Waals surface area contributed by atoms with E-state index in [9.17, 15) is 4.79 Å². The van der Waals surface area contributed by atoms with Gasteiger partial charge in [-0.2, -0.15) is 0 Å². The summed E-state index contributed by atoms with van der Waals surface area (Å²) in [7, 11) is 0. The first kappa shape index (κ1) is 14.1. The van der Waals surface area contributed by atoms with Crippen molar-refractivity contribution >= 4 is 11.7 Å². The summed E-state index contributed by atoms with van der Waals surface area (Å²) in [5, 5.41) is 0. The van der Waals surface area contributed by atoms with Gasteiger partial charge >= 0.3 is 0 Å². The van der Waals surface area contributed by atoms with Crippen molar-refractivity contribution in [2.75, 3.05) is 6.61 Å². The van der Waals surface area contributed by atoms with Crippen molar-refractivity contribution in [2.45, 2.75) is 6.92 Å². The topological polar surface area (TPSA) is 43.6 Å². The Kier molecular flexibility index (Phi) is 4.01. The summed E-state index contributed by atoms with van der Waals surface area (Å²) < 4.78 is 7.23. The van der Waals surface area contributed by atoms with Crippen LogP contribution in [-0.2, 0) is 0 Å². The van der Waals surface area contributed by atoms with Gasteiger partial charge in [0.25, 0.3) is 5.56 Å². The van der Waals surface area contributed by atoms with Gasteiger partial charge in [0.05, 0.1) is 0 Å². The lowest BCUT2D eigenvalue weighted by Crippen LogP contribution is -2.15. The van der Waals surface area contributed by atoms with Crippen LogP contribution in [0.2, 0.25) is 0 Å². The van der Waals surface area contributed by atoms with Crippen LogP contribution in [-0.4, -0.2) is 16.0 Å². The average molecular weight is 292 g/mol. The van der Waals surface area contributed by atoms with Gasteiger partial charge in [0, 0.05) is 18.0 Å². The van der Waals surface area contributed by atoms with Crippen LogP contribution in [0.15, 0.2) is 65.6 Å². The van der Waals surface area contributed by atoms with E-state index in [1.54, 1.807) is 19.2 Å². The molecule has 0 saturated heterocycles. The van der Waals surface area contributed by atoms with Gasteiger partial charge in [-0.1, -0.05) is 36.4 Å². The second-order valence-electron chi connectivity index (χ2n) is 4.93. The summed E-state index contributed by atoms with van der Waals surface area (Å²) in [6.07, 6.45) is 5.62. The number of rotatable bonds is 4. The third kappa shape index (κ3) is 3.06. The normalized spacial score (nSPS) is 11.1. The van der Waals surface area contributed by atoms with Crippen molar-refractivity contribution in [3.05, 3.63) is 82.4 Å². The molecule has 22 heavy (non-hydrogen) atoms. The van der Waals surface area contributed by atoms with Crippen molar-refractivity contribution in [2.24, 2.45) is 0 Å². The van der Waals surface area contributed by atoms with Crippen molar-refractivity contribution in [3.8, 4) is 5.75 Å². The molecule has 2 aromatic heterocycles. The van der Waals surface area contributed by atoms with Crippen LogP contribution >= 0.6 is 0 Å². The van der Waals surface area contributed by atoms with Gasteiger partial charge in [-0.25, -0.2) is 4.98 Å². The van der Waals surface area contributed by atoms with Crippen molar-refractivity contribution in [1.82, 2.24) is 9.38 Å². The Morgan fingerprint density at radius 3 is 2.82 bits per heavy atom. The molecular weight excluding hydrogens is 276 g/mol. The number of hydrogen-bond acceptors (Lipinski definition) is 3. The molecule has 1 aromatic carbocycles. The molecule has 4 nitrogen and oxygen atoms in total. The van der Waals surface area contributed by atoms with Crippen molar-refractivity contribution < 1.29 is 4.74 Å². The molecule has 0 unspecified atom stereocenters. The molecule has 110 valence electrons. The quantitative estimate of drug-likeness (QED) is 0.742. The minimum absolute atomic E-state index is 0.104. The summed E-state index contributed by atoms with van der Waals surface area (Å²) in [5.74, 6) is 0.598. The highest BCUT2D eigenvalue weighted by atomic mass is 16.5. The zero-order chi connectivity index (χ0) is 15.4. The van der Waals surface area contributed by atoms with Gasteiger partial charge in [-0.3, -0.25) is 9.20 Å². The first-order valence-corrected chi connectivity index (χ1v) is 7.07. The average Bonchev–Trinajstić information content (AvgIpc) is 2.53. The number of pyridine rings is 1. The monoisotopic (exact) mass is 292 g/mol. The minimum Gasteiger partial charge on any atom is -0.486 e. The summed E-state index contributed by atoms with van der Waals surface area (Å²) >= 11 is 0. The number of aryl methyl sites for hydroxylation is 1. The Morgan fingerprint density at radius 1 is 1.18 bits per heavy atom. The van der Waals surface area contributed by atoms with Crippen LogP contribution in [0, 0.1) is 6.92 Å². The van der Waals surface area contributed by atoms with Gasteiger partial charge < -0.3 is 4.74 Å². The molecule has 3 rings (SSSR count). The lowest BCUT2D eigenvalue weighted by Gasteiger charge is -2.07. The molecule has 2 heterocycles. The molecule has 0 aliphatic carbocycles. The van der Waals surface area contributed by atoms with E-state index in [-0.39, 0.29) is 5.56 Å². The fraction of sp³-hybridized carbons (Fsp3) is 0.111. The molecule has 3 aromatic rings. The molecule has 0 fully saturated rings. The van der Waals surface area contributed by atoms with E-state index in [1.165, 1.54) is 10.5 Å². The first-order valence-electron chi connectivity index (χ1n) is 7.07. The van der Waals surface area contributed by atoms with Crippen LogP contribution < -0.4 is 10.3 Å². The summed E-state index contributed by atoms with van der Waals surface area (Å²) in [5.41, 5.74) is 2.24. The van der Waals surface area contributed by atoms with Crippen molar-refractivity contribution in [1.29, 1.82) is 0 Å². The third-order valence-corrected chi connectivity index (χ3v) is 3.23. The molecule has 0 atom stereocenters. The van der Waals surface area contributed by atoms with Crippen molar-refractivity contribution in [3.63, 3.8) is 0 Å². The maximum Gasteiger partial charge on any atom is 0.258 e. The van der Waals surface area contributed by atoms with Gasteiger partial charge in [0.1, 0.15) is 6.61 Å². The highest BCUT2D eigenvalue weighted by Gasteiger charge is 2.05. The predicted octanol–water partition coefficient (Wildman–Crippen LogP) is 3.10. The molecule has 0 bridgehead atoms. The fourth-order valence-corrected chi connectivity index (χ4v) is 2.21. The molecule has 0 spiro atoms. The molecule has 0 N–H and O–H groups in total. The van der Waals surface area contributed by atoms with E-state index >= 15 is 0 Å². The zero-order valence-corrected chi connectivity index (χ0v) is 12.3. The molecule has 0 saturated carbocycles. The lowest BCUT2D eigenvalue weighted by molar-refractivity contribution is 0.365. The number of ether oxygens (including phenoxy) is 1. The Hall–Kier alpha value is -2.88. The van der Waals surface area contributed by atoms with Crippen LogP contribution in [0.25, 0.3) is 11.7 Å². The maximum absolute atomic E-state index is 11.9. The van der Waals surface area contributed by atoms with Gasteiger partial charge in [0.2, 0.25) is 0 Å². The molecule has 0 aliphatic rings. The molecule has 4 heteroatoms. The minimum atomic E-state index is -0.104. The smallest absolute Gasteiger partial charge is 0.258 e. The van der Waals surface area contributed by atoms with Crippen LogP contribution in [0.5, 0.6) is 5.75 Å². The van der Waals surface area contributed by atoms with E-state index in [0.717, 1.165) is 5.56 Å². The number of aromatic nitrogens is 2. The number of fused-ring (bicyclic) bond motifs is 1. The first-order chi connectivity index (χ1) is 10.7. The van der Waals surface area contributed by atoms with E-state index < -0.39 is 0 Å². The fourth-order valence-electron chi connectivity index (χ4n) is 2.21. The highest BCUT2D eigenvalue weighted by molar-refractivity contribution is 5.54. The Morgan fingerprint density at radius 2 is 2.00 bits per heavy atom. The molecule has 0 amide bonds. The van der Waals surface area contributed by atoms with Gasteiger partial charge in [0.15, 0.2) is 11.4 Å². The third-order valence-electron chi connectivity index (χ3n) is 3.23. The van der Waals surface area contributed by atoms with Crippen LogP contribution in [0.1, 0.15) is 11.3 Å². The number of benzene rings is 1. The van der Waals surface area contributed by atoms with Gasteiger partial charge in [-0.05, 0) is 30.7 Å². The SMILES string of the molecule is Cc1cc(=O)n2cccc(OCC=Cc3ccccc3)c2n1. The number of nitrogens with zero attached hydrogens (tertiary/aromatic N) is 2. The maximum atomic E-state index is 11.9. The summed E-state index contributed by atoms with van der Waals surface area (Å²) in [4.78, 5) is 16.3. The predicted molar refractivity (Wildman–Crippen MR) is 87.2 cm³/mol. The van der Waals surface area contributed by atoms with Gasteiger partial charge in [-0.15, -0.1) is 0 Å². The Bertz CT molecular complexity index is 867. The standard InChI is InChI=1S/C18H16N2O2/c1-14-13-17(21)20-11-5-10-16(18(20)19-14)22-12-6-9-15-7-3-2-4-8-15/h2-11,13H,12H2,1H3. The van der Waals surface area contributed by atoms with Crippen LogP contribution in [0.3, 0.4) is 0 Å². The molecule has 0 aliphatic heterocycles.